The van der Waals surface area contributed by atoms with Crippen LogP contribution in [0.3, 0.4) is 0 Å². The van der Waals surface area contributed by atoms with E-state index >= 15 is 0 Å². The fraction of sp³-hybridized carbons (Fsp3) is 0.217. The van der Waals surface area contributed by atoms with Crippen molar-refractivity contribution < 1.29 is 9.32 Å². The predicted octanol–water partition coefficient (Wildman–Crippen LogP) is 4.44. The van der Waals surface area contributed by atoms with E-state index in [4.69, 9.17) is 21.9 Å². The zero-order chi connectivity index (χ0) is 23.7. The number of carbonyl (C=O) groups excluding carboxylic acids is 1. The molecule has 0 fully saturated rings. The molecule has 0 atom stereocenters. The van der Waals surface area contributed by atoms with Crippen LogP contribution < -0.4 is 16.4 Å². The number of nitrogens with zero attached hydrogens (tertiary/aromatic N) is 4. The summed E-state index contributed by atoms with van der Waals surface area (Å²) in [6.07, 6.45) is 0. The van der Waals surface area contributed by atoms with Gasteiger partial charge in [0, 0.05) is 23.3 Å². The number of aromatic nitrogens is 4. The van der Waals surface area contributed by atoms with Crippen molar-refractivity contribution in [2.45, 2.75) is 27.3 Å². The molecular weight excluding hydrogens is 442 g/mol. The minimum atomic E-state index is -0.251. The highest BCUT2D eigenvalue weighted by molar-refractivity contribution is 6.30. The highest BCUT2D eigenvalue weighted by atomic mass is 35.5. The molecule has 0 saturated carbocycles. The van der Waals surface area contributed by atoms with Gasteiger partial charge >= 0.3 is 0 Å². The maximum atomic E-state index is 12.8. The number of anilines is 3. The molecule has 0 aliphatic rings. The van der Waals surface area contributed by atoms with E-state index in [1.165, 1.54) is 4.68 Å². The third-order valence-electron chi connectivity index (χ3n) is 5.19. The van der Waals surface area contributed by atoms with Gasteiger partial charge in [-0.3, -0.25) is 4.79 Å². The molecule has 33 heavy (non-hydrogen) atoms. The maximum absolute atomic E-state index is 12.8. The summed E-state index contributed by atoms with van der Waals surface area (Å²) in [4.78, 5) is 17.2. The molecule has 1 amide bonds. The molecule has 9 nitrogen and oxygen atoms in total. The Balaban J connectivity index is 1.60. The van der Waals surface area contributed by atoms with Gasteiger partial charge in [0.25, 0.3) is 5.89 Å². The van der Waals surface area contributed by atoms with Gasteiger partial charge in [-0.15, -0.1) is 0 Å². The average molecular weight is 466 g/mol. The Labute approximate surface area is 195 Å². The first-order valence-electron chi connectivity index (χ1n) is 10.3. The average Bonchev–Trinajstić information content (AvgIpc) is 3.35. The van der Waals surface area contributed by atoms with Gasteiger partial charge in [-0.05, 0) is 44.0 Å². The second-order valence-corrected chi connectivity index (χ2v) is 8.21. The summed E-state index contributed by atoms with van der Waals surface area (Å²) in [5, 5.41) is 14.9. The van der Waals surface area contributed by atoms with Gasteiger partial charge in [0.05, 0.1) is 0 Å². The van der Waals surface area contributed by atoms with Gasteiger partial charge in [0.1, 0.15) is 17.9 Å². The molecule has 0 aliphatic heterocycles. The number of benzene rings is 2. The molecule has 170 valence electrons. The lowest BCUT2D eigenvalue weighted by Gasteiger charge is -2.13. The second-order valence-electron chi connectivity index (χ2n) is 7.77. The smallest absolute Gasteiger partial charge is 0.265 e. The third kappa shape index (κ3) is 4.54. The van der Waals surface area contributed by atoms with Crippen molar-refractivity contribution in [2.24, 2.45) is 0 Å². The van der Waals surface area contributed by atoms with E-state index in [1.54, 1.807) is 25.2 Å². The summed E-state index contributed by atoms with van der Waals surface area (Å²) in [6.45, 7) is 5.86. The number of nitrogens with two attached hydrogens (primary N) is 1. The van der Waals surface area contributed by atoms with E-state index in [2.05, 4.69) is 25.9 Å². The molecule has 2 heterocycles. The van der Waals surface area contributed by atoms with E-state index in [-0.39, 0.29) is 24.2 Å². The lowest BCUT2D eigenvalue weighted by molar-refractivity contribution is -0.116. The largest absolute Gasteiger partial charge is 0.383 e. The summed E-state index contributed by atoms with van der Waals surface area (Å²) in [6, 6.07) is 11.2. The Hall–Kier alpha value is -3.85. The molecule has 4 N–H and O–H groups in total. The molecule has 2 aromatic carbocycles. The number of halogens is 1. The summed E-state index contributed by atoms with van der Waals surface area (Å²) in [7, 11) is 1.70. The number of hydrogen-bond donors (Lipinski definition) is 3. The van der Waals surface area contributed by atoms with E-state index < -0.39 is 0 Å². The normalized spacial score (nSPS) is 10.9. The number of carbonyl (C=O) groups is 1. The Morgan fingerprint density at radius 1 is 1.18 bits per heavy atom. The first kappa shape index (κ1) is 22.3. The van der Waals surface area contributed by atoms with Gasteiger partial charge in [0.15, 0.2) is 5.82 Å². The minimum absolute atomic E-state index is 0.0808. The van der Waals surface area contributed by atoms with E-state index in [9.17, 15) is 4.79 Å². The number of nitrogens with one attached hydrogen (secondary N) is 2. The molecule has 4 aromatic rings. The van der Waals surface area contributed by atoms with Crippen LogP contribution in [-0.4, -0.2) is 32.9 Å². The zero-order valence-corrected chi connectivity index (χ0v) is 19.5. The van der Waals surface area contributed by atoms with Gasteiger partial charge in [-0.2, -0.15) is 10.1 Å². The molecular formula is C23H24ClN7O2. The lowest BCUT2D eigenvalue weighted by atomic mass is 10.1. The summed E-state index contributed by atoms with van der Waals surface area (Å²) in [5.74, 6) is 0.949. The molecule has 10 heteroatoms. The van der Waals surface area contributed by atoms with Crippen molar-refractivity contribution in [3.63, 3.8) is 0 Å². The predicted molar refractivity (Wildman–Crippen MR) is 129 cm³/mol. The maximum Gasteiger partial charge on any atom is 0.265 e. The van der Waals surface area contributed by atoms with Crippen molar-refractivity contribution in [3.8, 4) is 22.8 Å². The van der Waals surface area contributed by atoms with Crippen LogP contribution in [0.5, 0.6) is 0 Å². The molecule has 0 unspecified atom stereocenters. The molecule has 0 saturated heterocycles. The fourth-order valence-electron chi connectivity index (χ4n) is 3.74. The number of nitrogen functional groups attached to an aromatic ring is 1. The van der Waals surface area contributed by atoms with Crippen molar-refractivity contribution in [3.05, 3.63) is 58.1 Å². The third-order valence-corrected chi connectivity index (χ3v) is 5.42. The topological polar surface area (TPSA) is 124 Å². The first-order chi connectivity index (χ1) is 15.8. The highest BCUT2D eigenvalue weighted by Crippen LogP contribution is 2.33. The number of hydrogen-bond acceptors (Lipinski definition) is 7. The van der Waals surface area contributed by atoms with Gasteiger partial charge in [-0.25, -0.2) is 4.68 Å². The quantitative estimate of drug-likeness (QED) is 0.384. The van der Waals surface area contributed by atoms with Crippen LogP contribution >= 0.6 is 11.6 Å². The van der Waals surface area contributed by atoms with Gasteiger partial charge < -0.3 is 20.9 Å². The standard InChI is InChI=1S/C23H24ClN7O2/c1-12-8-13(2)19(14(3)9-12)27-17(32)11-31-20(25)18(22(26-4)29-31)23-28-21(30-33-23)15-6-5-7-16(24)10-15/h5-10H,11,25H2,1-4H3,(H,26,29)(H,27,32). The van der Waals surface area contributed by atoms with E-state index in [1.807, 2.05) is 39.0 Å². The zero-order valence-electron chi connectivity index (χ0n) is 18.7. The van der Waals surface area contributed by atoms with Crippen LogP contribution in [0, 0.1) is 20.8 Å². The minimum Gasteiger partial charge on any atom is -0.383 e. The molecule has 0 spiro atoms. The summed E-state index contributed by atoms with van der Waals surface area (Å²) >= 11 is 6.06. The summed E-state index contributed by atoms with van der Waals surface area (Å²) < 4.78 is 6.85. The van der Waals surface area contributed by atoms with Gasteiger partial charge in [0.2, 0.25) is 11.7 Å². The Morgan fingerprint density at radius 3 is 2.58 bits per heavy atom. The van der Waals surface area contributed by atoms with Crippen LogP contribution in [0.4, 0.5) is 17.3 Å². The van der Waals surface area contributed by atoms with Crippen LogP contribution in [0.25, 0.3) is 22.8 Å². The van der Waals surface area contributed by atoms with Crippen LogP contribution in [-0.2, 0) is 11.3 Å². The number of aryl methyl sites for hydroxylation is 3. The second kappa shape index (κ2) is 8.95. The summed E-state index contributed by atoms with van der Waals surface area (Å²) in [5.41, 5.74) is 11.4. The molecule has 4 rings (SSSR count). The molecule has 0 radical (unpaired) electrons. The molecule has 0 bridgehead atoms. The molecule has 0 aliphatic carbocycles. The van der Waals surface area contributed by atoms with Crippen molar-refractivity contribution in [1.29, 1.82) is 0 Å². The SMILES string of the molecule is CNc1nn(CC(=O)Nc2c(C)cc(C)cc2C)c(N)c1-c1nc(-c2cccc(Cl)c2)no1. The van der Waals surface area contributed by atoms with Crippen molar-refractivity contribution in [2.75, 3.05) is 23.4 Å². The van der Waals surface area contributed by atoms with E-state index in [0.29, 0.717) is 27.8 Å². The fourth-order valence-corrected chi connectivity index (χ4v) is 3.93. The Morgan fingerprint density at radius 2 is 1.91 bits per heavy atom. The monoisotopic (exact) mass is 465 g/mol. The number of rotatable bonds is 6. The van der Waals surface area contributed by atoms with Crippen LogP contribution in [0.1, 0.15) is 16.7 Å². The van der Waals surface area contributed by atoms with Gasteiger partial charge in [-0.1, -0.05) is 46.6 Å². The van der Waals surface area contributed by atoms with Crippen molar-refractivity contribution >= 4 is 34.8 Å². The molecule has 2 aromatic heterocycles. The Bertz CT molecular complexity index is 1320. The number of amides is 1. The van der Waals surface area contributed by atoms with Crippen molar-refractivity contribution in [1.82, 2.24) is 19.9 Å². The van der Waals surface area contributed by atoms with Crippen LogP contribution in [0.15, 0.2) is 40.9 Å². The highest BCUT2D eigenvalue weighted by Gasteiger charge is 2.24. The first-order valence-corrected chi connectivity index (χ1v) is 10.7. The van der Waals surface area contributed by atoms with E-state index in [0.717, 1.165) is 22.4 Å². The Kier molecular flexibility index (Phi) is 6.06. The van der Waals surface area contributed by atoms with Crippen LogP contribution in [0.2, 0.25) is 5.02 Å². The lowest BCUT2D eigenvalue weighted by Crippen LogP contribution is -2.21.